The number of carbonyl (C=O) groups excluding carboxylic acids is 2. The number of benzene rings is 1. The summed E-state index contributed by atoms with van der Waals surface area (Å²) in [7, 11) is 1.70. The van der Waals surface area contributed by atoms with E-state index in [2.05, 4.69) is 27.8 Å². The lowest BCUT2D eigenvalue weighted by atomic mass is 10.1. The van der Waals surface area contributed by atoms with Crippen LogP contribution in [0, 0.1) is 5.92 Å². The molecule has 7 heteroatoms. The maximum Gasteiger partial charge on any atom is 0.247 e. The summed E-state index contributed by atoms with van der Waals surface area (Å²) in [5.74, 6) is 0.412. The van der Waals surface area contributed by atoms with Crippen LogP contribution in [0.1, 0.15) is 13.3 Å². The van der Waals surface area contributed by atoms with E-state index >= 15 is 0 Å². The average Bonchev–Trinajstić information content (AvgIpc) is 2.95. The van der Waals surface area contributed by atoms with E-state index < -0.39 is 6.04 Å². The van der Waals surface area contributed by atoms with Crippen molar-refractivity contribution in [2.75, 3.05) is 57.8 Å². The highest BCUT2D eigenvalue weighted by Gasteiger charge is 2.44. The van der Waals surface area contributed by atoms with E-state index in [1.54, 1.807) is 13.2 Å². The summed E-state index contributed by atoms with van der Waals surface area (Å²) in [6.45, 7) is 11.2. The van der Waals surface area contributed by atoms with Gasteiger partial charge in [-0.05, 0) is 25.1 Å². The molecule has 0 spiro atoms. The quantitative estimate of drug-likeness (QED) is 0.499. The third-order valence-corrected chi connectivity index (χ3v) is 5.82. The van der Waals surface area contributed by atoms with E-state index in [4.69, 9.17) is 4.74 Å². The summed E-state index contributed by atoms with van der Waals surface area (Å²) in [4.78, 5) is 31.2. The highest BCUT2D eigenvalue weighted by atomic mass is 16.5. The molecule has 2 saturated heterocycles. The van der Waals surface area contributed by atoms with E-state index in [9.17, 15) is 9.59 Å². The van der Waals surface area contributed by atoms with Gasteiger partial charge in [-0.2, -0.15) is 0 Å². The molecule has 2 unspecified atom stereocenters. The van der Waals surface area contributed by atoms with Gasteiger partial charge in [0.2, 0.25) is 11.8 Å². The first-order valence-electron chi connectivity index (χ1n) is 10.4. The van der Waals surface area contributed by atoms with Crippen molar-refractivity contribution in [3.63, 3.8) is 0 Å². The Labute approximate surface area is 173 Å². The Balaban J connectivity index is 1.44. The van der Waals surface area contributed by atoms with Gasteiger partial charge in [-0.15, -0.1) is 6.58 Å². The number of methoxy groups -OCH3 is 1. The van der Waals surface area contributed by atoms with Crippen LogP contribution in [-0.4, -0.2) is 80.6 Å². The summed E-state index contributed by atoms with van der Waals surface area (Å²) >= 11 is 0. The Morgan fingerprint density at radius 1 is 1.14 bits per heavy atom. The number of ether oxygens (including phenoxy) is 1. The number of carbonyl (C=O) groups is 2. The molecule has 2 atom stereocenters. The van der Waals surface area contributed by atoms with Gasteiger partial charge in [-0.3, -0.25) is 19.4 Å². The van der Waals surface area contributed by atoms with Gasteiger partial charge in [0, 0.05) is 39.3 Å². The van der Waals surface area contributed by atoms with Gasteiger partial charge in [0.05, 0.1) is 24.8 Å². The zero-order chi connectivity index (χ0) is 20.8. The van der Waals surface area contributed by atoms with Crippen LogP contribution in [0.2, 0.25) is 0 Å². The van der Waals surface area contributed by atoms with E-state index in [0.717, 1.165) is 50.6 Å². The molecule has 2 aliphatic rings. The maximum absolute atomic E-state index is 12.6. The monoisotopic (exact) mass is 400 g/mol. The maximum atomic E-state index is 12.6. The molecule has 3 rings (SSSR count). The topological polar surface area (TPSA) is 65.1 Å². The number of rotatable bonds is 9. The molecule has 1 aromatic rings. The first-order valence-corrected chi connectivity index (χ1v) is 10.4. The van der Waals surface area contributed by atoms with Crippen LogP contribution in [0.3, 0.4) is 0 Å². The predicted octanol–water partition coefficient (Wildman–Crippen LogP) is 1.36. The fraction of sp³-hybridized carbons (Fsp3) is 0.545. The minimum absolute atomic E-state index is 0.0717. The van der Waals surface area contributed by atoms with Crippen molar-refractivity contribution in [2.24, 2.45) is 5.92 Å². The standard InChI is InChI=1S/C22H32N4O3/c1-4-10-23-20-17(2)21(27)26(22(20)28)12-7-11-24-13-15-25(16-14-24)18-8-5-6-9-19(18)29-3/h4-6,8-9,17,20,23H,1,7,10-16H2,2-3H3. The van der Waals surface area contributed by atoms with Crippen molar-refractivity contribution in [3.8, 4) is 5.75 Å². The third-order valence-electron chi connectivity index (χ3n) is 5.82. The molecule has 2 amide bonds. The van der Waals surface area contributed by atoms with Gasteiger partial charge < -0.3 is 15.0 Å². The zero-order valence-corrected chi connectivity index (χ0v) is 17.5. The Kier molecular flexibility index (Phi) is 7.28. The summed E-state index contributed by atoms with van der Waals surface area (Å²) in [6.07, 6.45) is 2.50. The molecular formula is C22H32N4O3. The van der Waals surface area contributed by atoms with Gasteiger partial charge in [-0.1, -0.05) is 25.1 Å². The molecule has 0 aliphatic carbocycles. The molecule has 1 aromatic carbocycles. The highest BCUT2D eigenvalue weighted by Crippen LogP contribution is 2.28. The van der Waals surface area contributed by atoms with E-state index in [-0.39, 0.29) is 17.7 Å². The highest BCUT2D eigenvalue weighted by molar-refractivity contribution is 6.06. The van der Waals surface area contributed by atoms with Crippen LogP contribution < -0.4 is 15.0 Å². The Bertz CT molecular complexity index is 731. The van der Waals surface area contributed by atoms with Crippen LogP contribution >= 0.6 is 0 Å². The summed E-state index contributed by atoms with van der Waals surface area (Å²) in [6, 6.07) is 7.68. The van der Waals surface area contributed by atoms with Crippen molar-refractivity contribution in [1.82, 2.24) is 15.1 Å². The molecule has 7 nitrogen and oxygen atoms in total. The fourth-order valence-corrected chi connectivity index (χ4v) is 4.13. The van der Waals surface area contributed by atoms with E-state index in [0.29, 0.717) is 13.1 Å². The molecular weight excluding hydrogens is 368 g/mol. The SMILES string of the molecule is C=CCNC1C(=O)N(CCCN2CCN(c3ccccc3OC)CC2)C(=O)C1C. The van der Waals surface area contributed by atoms with Crippen LogP contribution in [0.15, 0.2) is 36.9 Å². The van der Waals surface area contributed by atoms with E-state index in [1.165, 1.54) is 4.90 Å². The molecule has 0 radical (unpaired) electrons. The molecule has 2 fully saturated rings. The van der Waals surface area contributed by atoms with Crippen LogP contribution in [0.5, 0.6) is 5.75 Å². The molecule has 0 bridgehead atoms. The second-order valence-electron chi connectivity index (χ2n) is 7.65. The second-order valence-corrected chi connectivity index (χ2v) is 7.65. The number of imide groups is 1. The first kappa shape index (κ1) is 21.3. The third kappa shape index (κ3) is 4.79. The van der Waals surface area contributed by atoms with Gasteiger partial charge >= 0.3 is 0 Å². The number of anilines is 1. The van der Waals surface area contributed by atoms with Gasteiger partial charge in [0.15, 0.2) is 0 Å². The lowest BCUT2D eigenvalue weighted by molar-refractivity contribution is -0.139. The number of hydrogen-bond donors (Lipinski definition) is 1. The Morgan fingerprint density at radius 3 is 2.55 bits per heavy atom. The van der Waals surface area contributed by atoms with E-state index in [1.807, 2.05) is 25.1 Å². The average molecular weight is 401 g/mol. The van der Waals surface area contributed by atoms with Crippen LogP contribution in [0.25, 0.3) is 0 Å². The number of hydrogen-bond acceptors (Lipinski definition) is 6. The van der Waals surface area contributed by atoms with Crippen LogP contribution in [0.4, 0.5) is 5.69 Å². The zero-order valence-electron chi connectivity index (χ0n) is 17.5. The van der Waals surface area contributed by atoms with Crippen molar-refractivity contribution in [2.45, 2.75) is 19.4 Å². The lowest BCUT2D eigenvalue weighted by Gasteiger charge is -2.36. The van der Waals surface area contributed by atoms with Crippen molar-refractivity contribution >= 4 is 17.5 Å². The number of piperazine rings is 1. The first-order chi connectivity index (χ1) is 14.1. The number of nitrogens with zero attached hydrogens (tertiary/aromatic N) is 3. The lowest BCUT2D eigenvalue weighted by Crippen LogP contribution is -2.47. The number of nitrogens with one attached hydrogen (secondary N) is 1. The van der Waals surface area contributed by atoms with Gasteiger partial charge in [-0.25, -0.2) is 0 Å². The molecule has 2 heterocycles. The number of amides is 2. The fourth-order valence-electron chi connectivity index (χ4n) is 4.13. The summed E-state index contributed by atoms with van der Waals surface area (Å²) in [5.41, 5.74) is 1.13. The number of likely N-dealkylation sites (tertiary alicyclic amines) is 1. The van der Waals surface area contributed by atoms with Crippen molar-refractivity contribution in [1.29, 1.82) is 0 Å². The number of para-hydroxylation sites is 2. The Morgan fingerprint density at radius 2 is 1.86 bits per heavy atom. The Hall–Kier alpha value is -2.38. The summed E-state index contributed by atoms with van der Waals surface area (Å²) < 4.78 is 5.47. The van der Waals surface area contributed by atoms with Crippen molar-refractivity contribution < 1.29 is 14.3 Å². The van der Waals surface area contributed by atoms with Gasteiger partial charge in [0.1, 0.15) is 5.75 Å². The van der Waals surface area contributed by atoms with Crippen molar-refractivity contribution in [3.05, 3.63) is 36.9 Å². The smallest absolute Gasteiger partial charge is 0.247 e. The summed E-state index contributed by atoms with van der Waals surface area (Å²) in [5, 5.41) is 3.10. The molecule has 0 aromatic heterocycles. The van der Waals surface area contributed by atoms with Crippen LogP contribution in [-0.2, 0) is 9.59 Å². The second kappa shape index (κ2) is 9.89. The minimum atomic E-state index is -0.426. The molecule has 158 valence electrons. The normalized spacial score (nSPS) is 23.0. The molecule has 0 saturated carbocycles. The minimum Gasteiger partial charge on any atom is -0.495 e. The molecule has 29 heavy (non-hydrogen) atoms. The predicted molar refractivity (Wildman–Crippen MR) is 114 cm³/mol. The van der Waals surface area contributed by atoms with Gasteiger partial charge in [0.25, 0.3) is 0 Å². The molecule has 1 N–H and O–H groups in total. The largest absolute Gasteiger partial charge is 0.495 e. The molecule has 2 aliphatic heterocycles.